The fourth-order valence-corrected chi connectivity index (χ4v) is 4.73. The van der Waals surface area contributed by atoms with Crippen LogP contribution in [0.15, 0.2) is 47.5 Å². The summed E-state index contributed by atoms with van der Waals surface area (Å²) >= 11 is 6.05. The molecule has 8 heteroatoms. The maximum Gasteiger partial charge on any atom is 0.307 e. The number of carbonyl (C=O) groups is 1. The molecule has 0 radical (unpaired) electrons. The van der Waals surface area contributed by atoms with Crippen molar-refractivity contribution in [1.82, 2.24) is 8.96 Å². The van der Waals surface area contributed by atoms with Gasteiger partial charge in [0, 0.05) is 17.3 Å². The molecule has 0 amide bonds. The summed E-state index contributed by atoms with van der Waals surface area (Å²) in [5.74, 6) is -1.05. The van der Waals surface area contributed by atoms with Crippen LogP contribution in [0, 0.1) is 6.92 Å². The van der Waals surface area contributed by atoms with E-state index in [1.54, 1.807) is 31.2 Å². The SMILES string of the molecule is Cc1c(CC(=O)O)c2cccnc2n1S(=O)(=O)c1ccccc1Cl. The van der Waals surface area contributed by atoms with Crippen molar-refractivity contribution < 1.29 is 18.3 Å². The Labute approximate surface area is 143 Å². The Morgan fingerprint density at radius 3 is 2.62 bits per heavy atom. The second-order valence-corrected chi connectivity index (χ2v) is 7.37. The van der Waals surface area contributed by atoms with E-state index in [0.717, 1.165) is 3.97 Å². The van der Waals surface area contributed by atoms with Crippen LogP contribution in [0.3, 0.4) is 0 Å². The minimum Gasteiger partial charge on any atom is -0.481 e. The average Bonchev–Trinajstić information content (AvgIpc) is 2.80. The van der Waals surface area contributed by atoms with Crippen LogP contribution in [0.5, 0.6) is 0 Å². The lowest BCUT2D eigenvalue weighted by atomic mass is 10.1. The lowest BCUT2D eigenvalue weighted by molar-refractivity contribution is -0.136. The topological polar surface area (TPSA) is 89.3 Å². The molecular weight excluding hydrogens is 352 g/mol. The molecule has 0 fully saturated rings. The Hall–Kier alpha value is -2.38. The van der Waals surface area contributed by atoms with Crippen LogP contribution in [0.2, 0.25) is 5.02 Å². The monoisotopic (exact) mass is 364 g/mol. The van der Waals surface area contributed by atoms with Crippen molar-refractivity contribution in [2.45, 2.75) is 18.2 Å². The Kier molecular flexibility index (Phi) is 4.06. The maximum atomic E-state index is 13.1. The molecule has 3 rings (SSSR count). The number of aliphatic carboxylic acids is 1. The number of rotatable bonds is 4. The van der Waals surface area contributed by atoms with Gasteiger partial charge in [0.2, 0.25) is 0 Å². The van der Waals surface area contributed by atoms with E-state index in [4.69, 9.17) is 16.7 Å². The van der Waals surface area contributed by atoms with Gasteiger partial charge in [0.15, 0.2) is 5.65 Å². The van der Waals surface area contributed by atoms with Gasteiger partial charge in [-0.2, -0.15) is 0 Å². The Morgan fingerprint density at radius 1 is 1.25 bits per heavy atom. The molecule has 1 N–H and O–H groups in total. The first-order chi connectivity index (χ1) is 11.3. The molecular formula is C16H13ClN2O4S. The molecule has 24 heavy (non-hydrogen) atoms. The van der Waals surface area contributed by atoms with Crippen molar-refractivity contribution in [1.29, 1.82) is 0 Å². The van der Waals surface area contributed by atoms with Crippen molar-refractivity contribution in [3.63, 3.8) is 0 Å². The first-order valence-electron chi connectivity index (χ1n) is 7.01. The number of fused-ring (bicyclic) bond motifs is 1. The van der Waals surface area contributed by atoms with Crippen molar-refractivity contribution in [2.24, 2.45) is 0 Å². The van der Waals surface area contributed by atoms with Gasteiger partial charge in [0.25, 0.3) is 10.0 Å². The maximum absolute atomic E-state index is 13.1. The van der Waals surface area contributed by atoms with Gasteiger partial charge in [0.1, 0.15) is 4.90 Å². The number of carboxylic acid groups (broad SMARTS) is 1. The Balaban J connectivity index is 2.37. The Morgan fingerprint density at radius 2 is 1.96 bits per heavy atom. The smallest absolute Gasteiger partial charge is 0.307 e. The first-order valence-corrected chi connectivity index (χ1v) is 8.82. The molecule has 0 unspecified atom stereocenters. The van der Waals surface area contributed by atoms with Crippen LogP contribution in [-0.4, -0.2) is 28.5 Å². The second kappa shape index (κ2) is 5.92. The van der Waals surface area contributed by atoms with E-state index >= 15 is 0 Å². The summed E-state index contributed by atoms with van der Waals surface area (Å²) in [6.07, 6.45) is 1.17. The predicted octanol–water partition coefficient (Wildman–Crippen LogP) is 2.86. The quantitative estimate of drug-likeness (QED) is 0.768. The van der Waals surface area contributed by atoms with Gasteiger partial charge in [-0.1, -0.05) is 23.7 Å². The van der Waals surface area contributed by atoms with Gasteiger partial charge in [-0.15, -0.1) is 0 Å². The molecule has 1 aromatic carbocycles. The molecule has 0 saturated carbocycles. The van der Waals surface area contributed by atoms with Crippen LogP contribution in [0.25, 0.3) is 11.0 Å². The highest BCUT2D eigenvalue weighted by Gasteiger charge is 2.27. The Bertz CT molecular complexity index is 1060. The molecule has 0 aliphatic heterocycles. The van der Waals surface area contributed by atoms with Gasteiger partial charge >= 0.3 is 5.97 Å². The van der Waals surface area contributed by atoms with Crippen LogP contribution in [0.1, 0.15) is 11.3 Å². The van der Waals surface area contributed by atoms with Gasteiger partial charge in [-0.25, -0.2) is 17.4 Å². The first kappa shape index (κ1) is 16.5. The zero-order valence-electron chi connectivity index (χ0n) is 12.6. The summed E-state index contributed by atoms with van der Waals surface area (Å²) in [6.45, 7) is 1.56. The molecule has 0 aliphatic carbocycles. The molecule has 2 heterocycles. The zero-order chi connectivity index (χ0) is 17.5. The summed E-state index contributed by atoms with van der Waals surface area (Å²) in [5, 5.41) is 9.71. The second-order valence-electron chi connectivity index (χ2n) is 5.21. The molecule has 124 valence electrons. The van der Waals surface area contributed by atoms with Gasteiger partial charge in [-0.05, 0) is 36.8 Å². The molecule has 2 aromatic heterocycles. The van der Waals surface area contributed by atoms with Crippen molar-refractivity contribution in [3.8, 4) is 0 Å². The van der Waals surface area contributed by atoms with Crippen LogP contribution >= 0.6 is 11.6 Å². The third-order valence-corrected chi connectivity index (χ3v) is 6.01. The highest BCUT2D eigenvalue weighted by Crippen LogP contribution is 2.31. The van der Waals surface area contributed by atoms with Gasteiger partial charge in [-0.3, -0.25) is 4.79 Å². The lowest BCUT2D eigenvalue weighted by Gasteiger charge is -2.10. The summed E-state index contributed by atoms with van der Waals surface area (Å²) in [7, 11) is -4.01. The van der Waals surface area contributed by atoms with Crippen LogP contribution in [-0.2, 0) is 21.2 Å². The normalized spacial score (nSPS) is 11.8. The van der Waals surface area contributed by atoms with E-state index in [0.29, 0.717) is 16.6 Å². The summed E-state index contributed by atoms with van der Waals surface area (Å²) in [5.41, 5.74) is 0.915. The van der Waals surface area contributed by atoms with E-state index in [2.05, 4.69) is 4.98 Å². The van der Waals surface area contributed by atoms with Gasteiger partial charge in [0.05, 0.1) is 11.4 Å². The molecule has 0 aliphatic rings. The number of aromatic nitrogens is 2. The van der Waals surface area contributed by atoms with Crippen LogP contribution in [0.4, 0.5) is 0 Å². The number of benzene rings is 1. The minimum absolute atomic E-state index is 0.0563. The van der Waals surface area contributed by atoms with E-state index in [-0.39, 0.29) is 22.0 Å². The summed E-state index contributed by atoms with van der Waals surface area (Å²) < 4.78 is 27.2. The molecule has 0 spiro atoms. The number of carboxylic acids is 1. The highest BCUT2D eigenvalue weighted by molar-refractivity contribution is 7.90. The number of pyridine rings is 1. The molecule has 3 aromatic rings. The van der Waals surface area contributed by atoms with E-state index in [1.165, 1.54) is 18.3 Å². The number of halogens is 1. The molecule has 6 nitrogen and oxygen atoms in total. The molecule has 0 bridgehead atoms. The lowest BCUT2D eigenvalue weighted by Crippen LogP contribution is -2.16. The third kappa shape index (κ3) is 2.55. The average molecular weight is 365 g/mol. The zero-order valence-corrected chi connectivity index (χ0v) is 14.2. The number of nitrogens with zero attached hydrogens (tertiary/aromatic N) is 2. The number of hydrogen-bond acceptors (Lipinski definition) is 4. The molecule has 0 atom stereocenters. The third-order valence-electron chi connectivity index (χ3n) is 3.73. The predicted molar refractivity (Wildman–Crippen MR) is 89.8 cm³/mol. The van der Waals surface area contributed by atoms with Gasteiger partial charge < -0.3 is 5.11 Å². The fraction of sp³-hybridized carbons (Fsp3) is 0.125. The van der Waals surface area contributed by atoms with Crippen LogP contribution < -0.4 is 0 Å². The number of hydrogen-bond donors (Lipinski definition) is 1. The largest absolute Gasteiger partial charge is 0.481 e. The highest BCUT2D eigenvalue weighted by atomic mass is 35.5. The van der Waals surface area contributed by atoms with E-state index in [1.807, 2.05) is 0 Å². The van der Waals surface area contributed by atoms with E-state index < -0.39 is 16.0 Å². The van der Waals surface area contributed by atoms with Crippen molar-refractivity contribution >= 4 is 38.6 Å². The van der Waals surface area contributed by atoms with Crippen molar-refractivity contribution in [3.05, 3.63) is 58.9 Å². The molecule has 0 saturated heterocycles. The van der Waals surface area contributed by atoms with Crippen molar-refractivity contribution in [2.75, 3.05) is 0 Å². The minimum atomic E-state index is -4.01. The fourth-order valence-electron chi connectivity index (χ4n) is 2.69. The summed E-state index contributed by atoms with van der Waals surface area (Å²) in [4.78, 5) is 15.2. The standard InChI is InChI=1S/C16H13ClN2O4S/c1-10-12(9-15(20)21)11-5-4-8-18-16(11)19(10)24(22,23)14-7-3-2-6-13(14)17/h2-8H,9H2,1H3,(H,20,21). The summed E-state index contributed by atoms with van der Waals surface area (Å²) in [6, 6.07) is 9.40. The van der Waals surface area contributed by atoms with E-state index in [9.17, 15) is 13.2 Å².